The van der Waals surface area contributed by atoms with Crippen LogP contribution < -0.4 is 19.4 Å². The Morgan fingerprint density at radius 2 is 1.82 bits per heavy atom. The van der Waals surface area contributed by atoms with E-state index in [1.165, 1.54) is 9.58 Å². The molecule has 0 N–H and O–H groups in total. The van der Waals surface area contributed by atoms with Gasteiger partial charge in [-0.25, -0.2) is 9.88 Å². The fourth-order valence-electron chi connectivity index (χ4n) is 4.65. The Morgan fingerprint density at radius 1 is 1.08 bits per heavy atom. The van der Waals surface area contributed by atoms with E-state index in [1.54, 1.807) is 67.6 Å². The van der Waals surface area contributed by atoms with Gasteiger partial charge in [-0.1, -0.05) is 12.1 Å². The van der Waals surface area contributed by atoms with Gasteiger partial charge in [-0.3, -0.25) is 14.5 Å². The number of para-hydroxylation sites is 2. The van der Waals surface area contributed by atoms with Gasteiger partial charge in [0.05, 0.1) is 37.1 Å². The van der Waals surface area contributed by atoms with Gasteiger partial charge < -0.3 is 18.8 Å². The normalized spacial score (nSPS) is 15.6. The first-order valence-electron chi connectivity index (χ1n) is 12.2. The molecular formula is C28H23N5O6. The van der Waals surface area contributed by atoms with Gasteiger partial charge in [0.25, 0.3) is 11.6 Å². The van der Waals surface area contributed by atoms with Crippen molar-refractivity contribution < 1.29 is 33.1 Å². The van der Waals surface area contributed by atoms with E-state index in [-0.39, 0.29) is 30.5 Å². The van der Waals surface area contributed by atoms with Crippen molar-refractivity contribution in [2.45, 2.75) is 19.0 Å². The van der Waals surface area contributed by atoms with Gasteiger partial charge in [-0.2, -0.15) is 0 Å². The Balaban J connectivity index is 1.20. The Morgan fingerprint density at radius 3 is 2.54 bits per heavy atom. The number of carbonyl (C=O) groups is 2. The molecule has 0 bridgehead atoms. The second kappa shape index (κ2) is 9.69. The third-order valence-electron chi connectivity index (χ3n) is 6.73. The number of anilines is 1. The fourth-order valence-corrected chi connectivity index (χ4v) is 4.65. The number of hydrogen-bond acceptors (Lipinski definition) is 9. The molecule has 196 valence electrons. The van der Waals surface area contributed by atoms with Crippen molar-refractivity contribution in [3.63, 3.8) is 0 Å². The Labute approximate surface area is 222 Å². The summed E-state index contributed by atoms with van der Waals surface area (Å²) in [6, 6.07) is 20.6. The smallest absolute Gasteiger partial charge is 0.254 e. The molecule has 1 aliphatic rings. The molecule has 11 nitrogen and oxygen atoms in total. The van der Waals surface area contributed by atoms with Gasteiger partial charge in [-0.15, -0.1) is 0 Å². The summed E-state index contributed by atoms with van der Waals surface area (Å²) in [4.78, 5) is 33.6. The highest BCUT2D eigenvalue weighted by Gasteiger charge is 2.42. The first kappa shape index (κ1) is 24.3. The molecule has 0 aliphatic carbocycles. The van der Waals surface area contributed by atoms with Crippen LogP contribution >= 0.6 is 0 Å². The standard InChI is InChI=1S/C28H23N5O6/c1-31(16-23-28(36)39-30-33(23)19-11-13-20(37-2)14-12-19)22-15-25(34)32(27(22)35)18-9-7-17(8-10-18)26-29-21-5-3-4-6-24(21)38-26/h3-14,22H,15-16H2,1-2H3. The molecule has 0 spiro atoms. The zero-order valence-corrected chi connectivity index (χ0v) is 21.1. The predicted molar refractivity (Wildman–Crippen MR) is 136 cm³/mol. The van der Waals surface area contributed by atoms with Crippen LogP contribution in [0.4, 0.5) is 5.69 Å². The van der Waals surface area contributed by atoms with Crippen LogP contribution in [0, 0.1) is 0 Å². The lowest BCUT2D eigenvalue weighted by Crippen LogP contribution is -2.44. The fraction of sp³-hybridized carbons (Fsp3) is 0.179. The molecule has 0 saturated carbocycles. The minimum atomic E-state index is -0.757. The van der Waals surface area contributed by atoms with Gasteiger partial charge in [0.15, 0.2) is 11.5 Å². The molecular weight excluding hydrogens is 502 g/mol. The molecule has 1 unspecified atom stereocenters. The van der Waals surface area contributed by atoms with Crippen molar-refractivity contribution in [3.8, 4) is 28.8 Å². The van der Waals surface area contributed by atoms with Crippen molar-refractivity contribution in [1.29, 1.82) is 0 Å². The summed E-state index contributed by atoms with van der Waals surface area (Å²) in [5.41, 5.74) is 3.41. The SMILES string of the molecule is COc1ccc(-[n+]2noc([O-])c2CN(C)C2CC(=O)N(c3ccc(-c4nc5ccccc5o4)cc3)C2=O)cc1. The molecule has 2 amide bonds. The van der Waals surface area contributed by atoms with E-state index < -0.39 is 12.0 Å². The third kappa shape index (κ3) is 4.38. The average molecular weight is 526 g/mol. The largest absolute Gasteiger partial charge is 0.539 e. The summed E-state index contributed by atoms with van der Waals surface area (Å²) < 4.78 is 17.3. The highest BCUT2D eigenvalue weighted by atomic mass is 16.6. The molecule has 2 aromatic heterocycles. The minimum absolute atomic E-state index is 0.0236. The molecule has 11 heteroatoms. The van der Waals surface area contributed by atoms with E-state index in [0.29, 0.717) is 28.6 Å². The first-order valence-corrected chi connectivity index (χ1v) is 12.2. The molecule has 1 aliphatic heterocycles. The maximum absolute atomic E-state index is 13.4. The highest BCUT2D eigenvalue weighted by Crippen LogP contribution is 2.30. The number of amides is 2. The van der Waals surface area contributed by atoms with E-state index in [4.69, 9.17) is 13.7 Å². The monoisotopic (exact) mass is 525 g/mol. The molecule has 5 aromatic rings. The number of likely N-dealkylation sites (N-methyl/N-ethyl adjacent to an activating group) is 1. The number of aromatic nitrogens is 3. The molecule has 1 atom stereocenters. The van der Waals surface area contributed by atoms with Crippen molar-refractivity contribution >= 4 is 28.6 Å². The third-order valence-corrected chi connectivity index (χ3v) is 6.73. The van der Waals surface area contributed by atoms with Crippen LogP contribution in [-0.4, -0.2) is 47.2 Å². The Bertz CT molecular complexity index is 1640. The number of methoxy groups -OCH3 is 1. The zero-order chi connectivity index (χ0) is 27.1. The van der Waals surface area contributed by atoms with Crippen molar-refractivity contribution in [1.82, 2.24) is 15.2 Å². The number of fused-ring (bicyclic) bond motifs is 1. The Kier molecular flexibility index (Phi) is 6.04. The van der Waals surface area contributed by atoms with Crippen LogP contribution in [0.5, 0.6) is 11.7 Å². The number of hydrogen-bond donors (Lipinski definition) is 0. The van der Waals surface area contributed by atoms with E-state index >= 15 is 0 Å². The zero-order valence-electron chi connectivity index (χ0n) is 21.1. The number of rotatable bonds is 7. The van der Waals surface area contributed by atoms with Crippen LogP contribution in [0.25, 0.3) is 28.2 Å². The average Bonchev–Trinajstić information content (AvgIpc) is 3.64. The number of ether oxygens (including phenoxy) is 1. The van der Waals surface area contributed by atoms with Crippen LogP contribution in [0.2, 0.25) is 0 Å². The molecule has 1 saturated heterocycles. The maximum atomic E-state index is 13.4. The second-order valence-electron chi connectivity index (χ2n) is 9.15. The summed E-state index contributed by atoms with van der Waals surface area (Å²) in [5.74, 6) is -0.229. The van der Waals surface area contributed by atoms with E-state index in [0.717, 1.165) is 11.1 Å². The molecule has 3 aromatic carbocycles. The summed E-state index contributed by atoms with van der Waals surface area (Å²) in [6.07, 6.45) is -0.0236. The lowest BCUT2D eigenvalue weighted by molar-refractivity contribution is -0.678. The first-order chi connectivity index (χ1) is 18.9. The van der Waals surface area contributed by atoms with Gasteiger partial charge in [0, 0.05) is 17.7 Å². The molecule has 3 heterocycles. The predicted octanol–water partition coefficient (Wildman–Crippen LogP) is 2.61. The molecule has 39 heavy (non-hydrogen) atoms. The number of carbonyl (C=O) groups excluding carboxylic acids is 2. The van der Waals surface area contributed by atoms with Gasteiger partial charge in [0.1, 0.15) is 11.3 Å². The summed E-state index contributed by atoms with van der Waals surface area (Å²) in [7, 11) is 3.24. The summed E-state index contributed by atoms with van der Waals surface area (Å²) >= 11 is 0. The number of oxazole rings is 1. The van der Waals surface area contributed by atoms with Crippen LogP contribution in [0.15, 0.2) is 81.7 Å². The molecule has 0 radical (unpaired) electrons. The maximum Gasteiger partial charge on any atom is 0.254 e. The van der Waals surface area contributed by atoms with E-state index in [1.807, 2.05) is 24.3 Å². The highest BCUT2D eigenvalue weighted by molar-refractivity contribution is 6.22. The molecule has 1 fully saturated rings. The van der Waals surface area contributed by atoms with Gasteiger partial charge >= 0.3 is 0 Å². The Hall–Kier alpha value is -5.03. The van der Waals surface area contributed by atoms with E-state index in [2.05, 4.69) is 10.3 Å². The van der Waals surface area contributed by atoms with Crippen molar-refractivity contribution in [3.05, 3.63) is 78.5 Å². The van der Waals surface area contributed by atoms with Crippen LogP contribution in [-0.2, 0) is 16.1 Å². The van der Waals surface area contributed by atoms with E-state index in [9.17, 15) is 14.7 Å². The lowest BCUT2D eigenvalue weighted by Gasteiger charge is -2.21. The number of nitrogens with zero attached hydrogens (tertiary/aromatic N) is 5. The van der Waals surface area contributed by atoms with Crippen LogP contribution in [0.3, 0.4) is 0 Å². The van der Waals surface area contributed by atoms with Crippen molar-refractivity contribution in [2.75, 3.05) is 19.1 Å². The lowest BCUT2D eigenvalue weighted by atomic mass is 10.2. The summed E-state index contributed by atoms with van der Waals surface area (Å²) in [5, 5.41) is 16.3. The van der Waals surface area contributed by atoms with Crippen molar-refractivity contribution in [2.24, 2.45) is 0 Å². The van der Waals surface area contributed by atoms with Gasteiger partial charge in [0.2, 0.25) is 17.5 Å². The topological polar surface area (TPSA) is 129 Å². The van der Waals surface area contributed by atoms with Gasteiger partial charge in [-0.05, 0) is 60.3 Å². The second-order valence-corrected chi connectivity index (χ2v) is 9.15. The molecule has 6 rings (SSSR count). The number of benzene rings is 3. The minimum Gasteiger partial charge on any atom is -0.539 e. The van der Waals surface area contributed by atoms with Crippen LogP contribution in [0.1, 0.15) is 12.1 Å². The number of imide groups is 1. The quantitative estimate of drug-likeness (QED) is 0.233. The summed E-state index contributed by atoms with van der Waals surface area (Å²) in [6.45, 7) is 0.0442.